The van der Waals surface area contributed by atoms with Crippen LogP contribution in [0.2, 0.25) is 5.02 Å². The van der Waals surface area contributed by atoms with E-state index >= 15 is 0 Å². The molecule has 4 aliphatic carbocycles. The van der Waals surface area contributed by atoms with Crippen LogP contribution in [-0.4, -0.2) is 151 Å². The molecule has 5 aliphatic heterocycles. The molecule has 8 aromatic heterocycles. The van der Waals surface area contributed by atoms with Crippen molar-refractivity contribution < 1.29 is 35.8 Å². The first kappa shape index (κ1) is 97.3. The molecule has 23 nitrogen and oxygen atoms in total. The molecule has 16 aromatic rings. The third kappa shape index (κ3) is 21.6. The summed E-state index contributed by atoms with van der Waals surface area (Å²) in [4.78, 5) is 67.3. The van der Waals surface area contributed by atoms with Gasteiger partial charge in [-0.3, -0.25) is 19.7 Å². The second kappa shape index (κ2) is 42.2. The molecule has 750 valence electrons. The molecule has 0 amide bonds. The average Bonchev–Trinajstić information content (AvgIpc) is 1.65. The highest BCUT2D eigenvalue weighted by molar-refractivity contribution is 7.92. The number of hydrogen-bond donors (Lipinski definition) is 5. The molecule has 0 unspecified atom stereocenters. The number of piperidine rings is 4. The predicted octanol–water partition coefficient (Wildman–Crippen LogP) is 25.4. The number of sulfonamides is 1. The van der Waals surface area contributed by atoms with E-state index in [0.29, 0.717) is 54.6 Å². The second-order valence-electron chi connectivity index (χ2n) is 39.8. The smallest absolute Gasteiger partial charge is 0.486 e. The van der Waals surface area contributed by atoms with Crippen LogP contribution in [0.3, 0.4) is 0 Å². The fourth-order valence-corrected chi connectivity index (χ4v) is 23.0. The molecule has 13 heterocycles. The van der Waals surface area contributed by atoms with Gasteiger partial charge in [0.05, 0.1) is 51.8 Å². The molecular formula is C120H116ClF3N18O5S. The highest BCUT2D eigenvalue weighted by Gasteiger charge is 2.37. The van der Waals surface area contributed by atoms with Crippen molar-refractivity contribution in [1.82, 2.24) is 64.8 Å². The van der Waals surface area contributed by atoms with Crippen LogP contribution in [0.1, 0.15) is 194 Å². The molecule has 8 aromatic carbocycles. The molecule has 0 bridgehead atoms. The van der Waals surface area contributed by atoms with Gasteiger partial charge in [0.2, 0.25) is 10.0 Å². The zero-order valence-electron chi connectivity index (χ0n) is 83.6. The molecule has 28 heteroatoms. The Hall–Kier alpha value is -15.5. The Balaban J connectivity index is 0.000000112. The van der Waals surface area contributed by atoms with Gasteiger partial charge in [-0.1, -0.05) is 169 Å². The van der Waals surface area contributed by atoms with E-state index in [1.54, 1.807) is 24.5 Å². The Morgan fingerprint density at radius 2 is 0.736 bits per heavy atom. The number of allylic oxidation sites excluding steroid dienone is 4. The largest absolute Gasteiger partial charge is 0.573 e. The van der Waals surface area contributed by atoms with Crippen LogP contribution in [-0.2, 0) is 35.7 Å². The first-order valence-electron chi connectivity index (χ1n) is 51.1. The summed E-state index contributed by atoms with van der Waals surface area (Å²) in [5.74, 6) is 8.39. The summed E-state index contributed by atoms with van der Waals surface area (Å²) >= 11 is 6.24. The number of aryl methyl sites for hydroxylation is 5. The summed E-state index contributed by atoms with van der Waals surface area (Å²) in [5, 5.41) is 0.771. The summed E-state index contributed by atoms with van der Waals surface area (Å²) in [6, 6.07) is 74.0. The molecule has 4 fully saturated rings. The third-order valence-electron chi connectivity index (χ3n) is 29.8. The SMILES string of the molecule is Cc1[nH]c(C2CCN(c3ccnc4c3C=C(c3cccc(Cl)c3)C4)CC2)nc1-c1ccccc1.Cc1[nH]c(C2CCN(c3ccnc4c3C=C(c3cccc(NS(C)(=O)=O)c3)C4)CC2)nc1-c1ccccc1.Cc1[nH]c(C2CCN(c3ccnc4c3C=C(c3cccc(OC(F)(F)F)c3)C4)CC2)nc1-c1ccccc1.Cc1ccc(C2=Cc3c(ncnc3N3CCC(c4nc(-c5ccc6c(c5)OCCO6)c(C)[nH]4)CC3)C2)cc1. The fraction of sp³-hybridized carbons (Fsp3) is 0.275. The number of nitrogens with one attached hydrogen (secondary N) is 5. The van der Waals surface area contributed by atoms with Crippen molar-refractivity contribution in [3.63, 3.8) is 0 Å². The number of halogens is 4. The van der Waals surface area contributed by atoms with Crippen molar-refractivity contribution in [1.29, 1.82) is 0 Å². The van der Waals surface area contributed by atoms with Gasteiger partial charge in [0, 0.05) is 215 Å². The second-order valence-corrected chi connectivity index (χ2v) is 42.0. The number of H-pyrrole nitrogens is 4. The lowest BCUT2D eigenvalue weighted by Crippen LogP contribution is -2.34. The van der Waals surface area contributed by atoms with Crippen LogP contribution in [0, 0.1) is 34.6 Å². The Labute approximate surface area is 865 Å². The van der Waals surface area contributed by atoms with Gasteiger partial charge in [0.25, 0.3) is 0 Å². The van der Waals surface area contributed by atoms with Crippen LogP contribution in [0.15, 0.2) is 249 Å². The van der Waals surface area contributed by atoms with Crippen LogP contribution in [0.5, 0.6) is 17.2 Å². The molecule has 0 saturated carbocycles. The van der Waals surface area contributed by atoms with E-state index in [0.717, 1.165) is 282 Å². The van der Waals surface area contributed by atoms with Crippen molar-refractivity contribution in [2.75, 3.05) is 96.1 Å². The van der Waals surface area contributed by atoms with Crippen LogP contribution < -0.4 is 38.5 Å². The topological polar surface area (TPSA) is 266 Å². The first-order chi connectivity index (χ1) is 71.9. The minimum atomic E-state index is -4.72. The van der Waals surface area contributed by atoms with E-state index in [1.807, 2.05) is 104 Å². The zero-order valence-corrected chi connectivity index (χ0v) is 85.2. The van der Waals surface area contributed by atoms with Gasteiger partial charge in [-0.15, -0.1) is 13.2 Å². The Bertz CT molecular complexity index is 7840. The average molecular weight is 2010 g/mol. The van der Waals surface area contributed by atoms with E-state index in [2.05, 4.69) is 237 Å². The Kier molecular flexibility index (Phi) is 27.7. The number of rotatable bonds is 19. The molecule has 148 heavy (non-hydrogen) atoms. The van der Waals surface area contributed by atoms with Crippen molar-refractivity contribution in [2.45, 2.75) is 142 Å². The summed E-state index contributed by atoms with van der Waals surface area (Å²) in [7, 11) is -3.33. The number of anilines is 5. The van der Waals surface area contributed by atoms with Crippen LogP contribution in [0.25, 0.3) is 91.6 Å². The number of aromatic amines is 4. The summed E-state index contributed by atoms with van der Waals surface area (Å²) in [6.07, 6.45) is 24.0. The van der Waals surface area contributed by atoms with Crippen molar-refractivity contribution in [2.24, 2.45) is 0 Å². The Morgan fingerprint density at radius 1 is 0.372 bits per heavy atom. The maximum atomic E-state index is 12.7. The Morgan fingerprint density at radius 3 is 1.16 bits per heavy atom. The number of nitrogens with zero attached hydrogens (tertiary/aromatic N) is 13. The van der Waals surface area contributed by atoms with E-state index in [-0.39, 0.29) is 5.75 Å². The molecule has 9 aliphatic rings. The maximum absolute atomic E-state index is 12.7. The standard InChI is InChI=1S/C31H31N5O2.C30H27F3N4O.C30H31N5O2S.C29H27ClN4/c1-19-3-5-21(6-4-19)24-15-25-26(16-24)32-18-33-31(25)36-11-9-22(10-12-36)30-34-20(2)29(35-30)23-7-8-27-28(17-23)38-14-13-37-27;1-19-28(20-6-3-2-4-7-20)36-29(35-19)21-11-14-37(15-12-21)27-10-13-34-26-18-23(17-25(26)27)22-8-5-9-24(16-22)38-30(31,32)33;1-20-29(21-7-4-3-5-8-21)33-30(32-20)22-12-15-35(16-13-22)28-11-14-31-27-19-24(18-26(27)28)23-9-6-10-25(17-23)34-38(2,36)37;1-19-28(20-6-3-2-4-7-20)33-29(32-19)21-11-14-34(15-12-21)27-10-13-31-26-18-23(17-25(26)27)22-8-5-9-24(30)16-22/h3-8,15,17-18,22H,9-14,16H2,1-2H3,(H,34,35);2-10,13,16-17,21H,11-12,14-15,18H2,1H3,(H,35,36);3-11,14,17-18,22,34H,12-13,15-16,19H2,1-2H3,(H,32,33);2-10,13,16-17,21H,11-12,14-15,18H2,1H3,(H,32,33). The fourth-order valence-electron chi connectivity index (χ4n) is 22.3. The van der Waals surface area contributed by atoms with Gasteiger partial charge >= 0.3 is 6.36 Å². The molecule has 0 spiro atoms. The minimum Gasteiger partial charge on any atom is -0.486 e. The predicted molar refractivity (Wildman–Crippen MR) is 584 cm³/mol. The number of fused-ring (bicyclic) bond motifs is 5. The maximum Gasteiger partial charge on any atom is 0.573 e. The van der Waals surface area contributed by atoms with E-state index < -0.39 is 16.4 Å². The normalized spacial score (nSPS) is 16.1. The number of aromatic nitrogens is 13. The highest BCUT2D eigenvalue weighted by atomic mass is 35.5. The van der Waals surface area contributed by atoms with Gasteiger partial charge in [0.1, 0.15) is 54.4 Å². The van der Waals surface area contributed by atoms with Gasteiger partial charge < -0.3 is 53.7 Å². The quantitative estimate of drug-likeness (QED) is 0.0504. The molecule has 25 rings (SSSR count). The van der Waals surface area contributed by atoms with Gasteiger partial charge in [0.15, 0.2) is 11.5 Å². The van der Waals surface area contributed by atoms with Gasteiger partial charge in [-0.25, -0.2) is 38.3 Å². The van der Waals surface area contributed by atoms with E-state index in [1.165, 1.54) is 79.9 Å². The first-order valence-corrected chi connectivity index (χ1v) is 53.4. The van der Waals surface area contributed by atoms with Gasteiger partial charge in [-0.2, -0.15) is 0 Å². The number of ether oxygens (including phenoxy) is 3. The number of pyridine rings is 3. The number of hydrogen-bond acceptors (Lipinski definition) is 18. The third-order valence-corrected chi connectivity index (χ3v) is 30.7. The van der Waals surface area contributed by atoms with Crippen molar-refractivity contribution in [3.8, 4) is 62.3 Å². The monoisotopic (exact) mass is 2010 g/mol. The van der Waals surface area contributed by atoms with Gasteiger partial charge in [-0.05, 0) is 228 Å². The number of imidazole rings is 4. The minimum absolute atomic E-state index is 0.217. The van der Waals surface area contributed by atoms with E-state index in [4.69, 9.17) is 46.0 Å². The van der Waals surface area contributed by atoms with Crippen molar-refractivity contribution in [3.05, 3.63) is 373 Å². The van der Waals surface area contributed by atoms with Crippen LogP contribution >= 0.6 is 11.6 Å². The summed E-state index contributed by atoms with van der Waals surface area (Å²) in [5.41, 5.74) is 36.3. The van der Waals surface area contributed by atoms with Crippen LogP contribution in [0.4, 0.5) is 41.7 Å². The number of alkyl halides is 3. The lowest BCUT2D eigenvalue weighted by atomic mass is 9.95. The molecule has 0 radical (unpaired) electrons. The molecule has 5 N–H and O–H groups in total. The van der Waals surface area contributed by atoms with Crippen molar-refractivity contribution >= 4 is 96.8 Å². The zero-order chi connectivity index (χ0) is 101. The van der Waals surface area contributed by atoms with E-state index in [9.17, 15) is 21.6 Å². The number of benzene rings is 8. The summed E-state index contributed by atoms with van der Waals surface area (Å²) in [6.45, 7) is 19.3. The molecule has 0 atom stereocenters. The lowest BCUT2D eigenvalue weighted by molar-refractivity contribution is -0.274. The summed E-state index contributed by atoms with van der Waals surface area (Å²) < 4.78 is 79.6. The lowest BCUT2D eigenvalue weighted by Gasteiger charge is -2.33. The molecule has 4 saturated heterocycles. The highest BCUT2D eigenvalue weighted by Crippen LogP contribution is 2.47. The molecular weight excluding hydrogens is 1900 g/mol.